The molecule has 41 heavy (non-hydrogen) atoms. The van der Waals surface area contributed by atoms with Gasteiger partial charge in [0.15, 0.2) is 17.3 Å². The van der Waals surface area contributed by atoms with Crippen molar-refractivity contribution in [1.29, 1.82) is 0 Å². The number of carbonyl (C=O) groups is 2. The van der Waals surface area contributed by atoms with Crippen molar-refractivity contribution in [2.75, 3.05) is 20.8 Å². The first kappa shape index (κ1) is 28.0. The van der Waals surface area contributed by atoms with Gasteiger partial charge in [0.25, 0.3) is 0 Å². The summed E-state index contributed by atoms with van der Waals surface area (Å²) < 4.78 is 22.5. The Morgan fingerprint density at radius 1 is 0.902 bits per heavy atom. The van der Waals surface area contributed by atoms with Crippen molar-refractivity contribution in [1.82, 2.24) is 5.32 Å². The second kappa shape index (κ2) is 12.3. The predicted octanol–water partition coefficient (Wildman–Crippen LogP) is 6.21. The number of ketones is 1. The molecule has 5 rings (SSSR count). The Bertz CT molecular complexity index is 1490. The SMILES string of the molecule is CCOC(=O)C1=C(C)NC2=C(C(=O)C[C@H](c3ccc(OC)cc3)C2)[C@@H]1c1ccc(OCc2ccccc2)c(OC)c1. The van der Waals surface area contributed by atoms with E-state index >= 15 is 0 Å². The van der Waals surface area contributed by atoms with E-state index in [0.717, 1.165) is 28.1 Å². The highest BCUT2D eigenvalue weighted by Crippen LogP contribution is 2.47. The number of nitrogens with one attached hydrogen (secondary N) is 1. The smallest absolute Gasteiger partial charge is 0.336 e. The molecule has 1 heterocycles. The lowest BCUT2D eigenvalue weighted by Gasteiger charge is -2.36. The van der Waals surface area contributed by atoms with Crippen LogP contribution in [0.3, 0.4) is 0 Å². The summed E-state index contributed by atoms with van der Waals surface area (Å²) in [6.45, 7) is 4.25. The summed E-state index contributed by atoms with van der Waals surface area (Å²) in [5.74, 6) is 0.863. The Kier molecular flexibility index (Phi) is 8.43. The van der Waals surface area contributed by atoms with E-state index in [1.165, 1.54) is 0 Å². The molecule has 3 aromatic carbocycles. The lowest BCUT2D eigenvalue weighted by atomic mass is 9.71. The van der Waals surface area contributed by atoms with Gasteiger partial charge in [-0.3, -0.25) is 4.79 Å². The molecule has 0 bridgehead atoms. The molecule has 0 fully saturated rings. The number of dihydropyridines is 1. The number of rotatable bonds is 9. The number of allylic oxidation sites excluding steroid dienone is 3. The van der Waals surface area contributed by atoms with Crippen molar-refractivity contribution in [2.24, 2.45) is 0 Å². The topological polar surface area (TPSA) is 83.1 Å². The number of Topliss-reactive ketones (excluding diaryl/α,β-unsaturated/α-hetero) is 1. The third-order valence-electron chi connectivity index (χ3n) is 7.67. The molecule has 1 N–H and O–H groups in total. The van der Waals surface area contributed by atoms with Crippen LogP contribution in [0.2, 0.25) is 0 Å². The van der Waals surface area contributed by atoms with E-state index in [1.54, 1.807) is 21.1 Å². The minimum absolute atomic E-state index is 0.00207. The van der Waals surface area contributed by atoms with Crippen LogP contribution < -0.4 is 19.5 Å². The Balaban J connectivity index is 1.52. The molecule has 2 atom stereocenters. The highest BCUT2D eigenvalue weighted by molar-refractivity contribution is 6.04. The average molecular weight is 554 g/mol. The zero-order valence-corrected chi connectivity index (χ0v) is 23.9. The van der Waals surface area contributed by atoms with E-state index in [2.05, 4.69) is 5.32 Å². The van der Waals surface area contributed by atoms with E-state index in [9.17, 15) is 9.59 Å². The summed E-state index contributed by atoms with van der Waals surface area (Å²) in [5, 5.41) is 3.40. The summed E-state index contributed by atoms with van der Waals surface area (Å²) in [7, 11) is 3.22. The Labute approximate surface area is 240 Å². The van der Waals surface area contributed by atoms with Crippen LogP contribution in [0.25, 0.3) is 0 Å². The summed E-state index contributed by atoms with van der Waals surface area (Å²) in [4.78, 5) is 27.2. The van der Waals surface area contributed by atoms with Crippen LogP contribution in [0.5, 0.6) is 17.2 Å². The molecule has 0 saturated heterocycles. The van der Waals surface area contributed by atoms with Crippen molar-refractivity contribution < 1.29 is 28.5 Å². The summed E-state index contributed by atoms with van der Waals surface area (Å²) in [6.07, 6.45) is 0.987. The fraction of sp³-hybridized carbons (Fsp3) is 0.294. The van der Waals surface area contributed by atoms with Crippen LogP contribution in [0.15, 0.2) is 95.3 Å². The Morgan fingerprint density at radius 2 is 1.63 bits per heavy atom. The molecule has 0 aromatic heterocycles. The van der Waals surface area contributed by atoms with Gasteiger partial charge in [-0.2, -0.15) is 0 Å². The number of hydrogen-bond donors (Lipinski definition) is 1. The summed E-state index contributed by atoms with van der Waals surface area (Å²) >= 11 is 0. The highest BCUT2D eigenvalue weighted by Gasteiger charge is 2.41. The Morgan fingerprint density at radius 3 is 2.32 bits per heavy atom. The van der Waals surface area contributed by atoms with Crippen LogP contribution in [0.4, 0.5) is 0 Å². The average Bonchev–Trinajstić information content (AvgIpc) is 2.99. The summed E-state index contributed by atoms with van der Waals surface area (Å²) in [5.41, 5.74) is 5.42. The molecule has 3 aromatic rings. The van der Waals surface area contributed by atoms with Gasteiger partial charge in [0.2, 0.25) is 0 Å². The van der Waals surface area contributed by atoms with Gasteiger partial charge in [0.05, 0.1) is 26.4 Å². The Hall–Kier alpha value is -4.52. The van der Waals surface area contributed by atoms with Crippen LogP contribution in [0.1, 0.15) is 55.2 Å². The van der Waals surface area contributed by atoms with Crippen LogP contribution in [-0.2, 0) is 20.9 Å². The van der Waals surface area contributed by atoms with Gasteiger partial charge in [-0.15, -0.1) is 0 Å². The molecule has 7 nitrogen and oxygen atoms in total. The van der Waals surface area contributed by atoms with Crippen molar-refractivity contribution in [3.8, 4) is 17.2 Å². The molecule has 0 amide bonds. The van der Waals surface area contributed by atoms with Crippen molar-refractivity contribution in [3.05, 3.63) is 112 Å². The van der Waals surface area contributed by atoms with Crippen LogP contribution in [-0.4, -0.2) is 32.6 Å². The minimum atomic E-state index is -0.591. The third kappa shape index (κ3) is 5.85. The van der Waals surface area contributed by atoms with E-state index in [-0.39, 0.29) is 18.3 Å². The minimum Gasteiger partial charge on any atom is -0.497 e. The first-order valence-corrected chi connectivity index (χ1v) is 13.8. The summed E-state index contributed by atoms with van der Waals surface area (Å²) in [6, 6.07) is 23.3. The van der Waals surface area contributed by atoms with E-state index in [0.29, 0.717) is 47.8 Å². The van der Waals surface area contributed by atoms with Gasteiger partial charge in [-0.05, 0) is 67.1 Å². The molecular weight excluding hydrogens is 518 g/mol. The number of esters is 1. The maximum Gasteiger partial charge on any atom is 0.336 e. The van der Waals surface area contributed by atoms with Gasteiger partial charge >= 0.3 is 5.97 Å². The number of ether oxygens (including phenoxy) is 4. The number of hydrogen-bond acceptors (Lipinski definition) is 7. The van der Waals surface area contributed by atoms with Gasteiger partial charge in [-0.1, -0.05) is 48.5 Å². The van der Waals surface area contributed by atoms with Gasteiger partial charge in [0, 0.05) is 29.3 Å². The first-order chi connectivity index (χ1) is 19.9. The molecular formula is C34H35NO6. The van der Waals surface area contributed by atoms with Crippen LogP contribution >= 0.6 is 0 Å². The predicted molar refractivity (Wildman–Crippen MR) is 156 cm³/mol. The molecule has 2 aliphatic rings. The van der Waals surface area contributed by atoms with Gasteiger partial charge in [-0.25, -0.2) is 4.79 Å². The molecule has 0 saturated carbocycles. The number of benzene rings is 3. The zero-order valence-electron chi connectivity index (χ0n) is 23.9. The highest BCUT2D eigenvalue weighted by atomic mass is 16.5. The van der Waals surface area contributed by atoms with Crippen molar-refractivity contribution >= 4 is 11.8 Å². The monoisotopic (exact) mass is 553 g/mol. The van der Waals surface area contributed by atoms with E-state index < -0.39 is 11.9 Å². The molecule has 0 radical (unpaired) electrons. The fourth-order valence-corrected chi connectivity index (χ4v) is 5.68. The molecule has 0 unspecified atom stereocenters. The molecule has 212 valence electrons. The maximum atomic E-state index is 13.9. The maximum absolute atomic E-state index is 13.9. The second-order valence-electron chi connectivity index (χ2n) is 10.2. The largest absolute Gasteiger partial charge is 0.497 e. The normalized spacial score (nSPS) is 18.4. The quantitative estimate of drug-likeness (QED) is 0.316. The third-order valence-corrected chi connectivity index (χ3v) is 7.67. The van der Waals surface area contributed by atoms with Gasteiger partial charge in [0.1, 0.15) is 12.4 Å². The number of methoxy groups -OCH3 is 2. The molecule has 1 aliphatic carbocycles. The first-order valence-electron chi connectivity index (χ1n) is 13.8. The number of carbonyl (C=O) groups excluding carboxylic acids is 2. The molecule has 7 heteroatoms. The fourth-order valence-electron chi connectivity index (χ4n) is 5.68. The van der Waals surface area contributed by atoms with E-state index in [1.807, 2.05) is 79.7 Å². The zero-order chi connectivity index (χ0) is 28.9. The molecule has 0 spiro atoms. The van der Waals surface area contributed by atoms with Crippen LogP contribution in [0, 0.1) is 0 Å². The molecule has 1 aliphatic heterocycles. The second-order valence-corrected chi connectivity index (χ2v) is 10.2. The lowest BCUT2D eigenvalue weighted by Crippen LogP contribution is -2.36. The lowest BCUT2D eigenvalue weighted by molar-refractivity contribution is -0.138. The van der Waals surface area contributed by atoms with E-state index in [4.69, 9.17) is 18.9 Å². The van der Waals surface area contributed by atoms with Crippen molar-refractivity contribution in [3.63, 3.8) is 0 Å². The van der Waals surface area contributed by atoms with Gasteiger partial charge < -0.3 is 24.3 Å². The van der Waals surface area contributed by atoms with Crippen molar-refractivity contribution in [2.45, 2.75) is 45.1 Å². The standard InChI is InChI=1S/C34H35NO6/c1-5-40-34(37)31-21(2)35-27-17-25(23-11-14-26(38-3)15-12-23)18-28(36)33(27)32(31)24-13-16-29(30(19-24)39-4)41-20-22-9-7-6-8-10-22/h6-16,19,25,32,35H,5,17-18,20H2,1-4H3/t25-,32-/m1/s1.